The minimum absolute atomic E-state index is 0.0539. The minimum atomic E-state index is -0.798. The van der Waals surface area contributed by atoms with E-state index in [-0.39, 0.29) is 24.9 Å². The van der Waals surface area contributed by atoms with Crippen LogP contribution in [0.5, 0.6) is 0 Å². The van der Waals surface area contributed by atoms with Crippen molar-refractivity contribution in [2.75, 3.05) is 6.61 Å². The molecule has 0 aliphatic heterocycles. The van der Waals surface area contributed by atoms with Gasteiger partial charge in [0.05, 0.1) is 25.2 Å². The lowest BCUT2D eigenvalue weighted by molar-refractivity contribution is -0.151. The fourth-order valence-electron chi connectivity index (χ4n) is 7.78. The van der Waals surface area contributed by atoms with Gasteiger partial charge in [-0.15, -0.1) is 0 Å². The molecule has 0 aromatic rings. The second-order valence-electron chi connectivity index (χ2n) is 17.9. The van der Waals surface area contributed by atoms with Crippen molar-refractivity contribution in [1.82, 2.24) is 5.32 Å². The van der Waals surface area contributed by atoms with Gasteiger partial charge in [-0.1, -0.05) is 216 Å². The van der Waals surface area contributed by atoms with Crippen molar-refractivity contribution in [1.29, 1.82) is 0 Å². The van der Waals surface area contributed by atoms with Crippen LogP contribution in [0, 0.1) is 0 Å². The molecule has 0 aromatic carbocycles. The number of aliphatic hydroxyl groups excluding tert-OH is 2. The summed E-state index contributed by atoms with van der Waals surface area (Å²) in [4.78, 5) is 26.2. The van der Waals surface area contributed by atoms with E-state index in [1.165, 1.54) is 109 Å². The number of unbranched alkanes of at least 4 members (excludes halogenated alkanes) is 26. The molecule has 0 radical (unpaired) electrons. The average Bonchev–Trinajstić information content (AvgIpc) is 3.26. The van der Waals surface area contributed by atoms with Crippen LogP contribution in [0.2, 0.25) is 0 Å². The molecule has 62 heavy (non-hydrogen) atoms. The van der Waals surface area contributed by atoms with E-state index in [9.17, 15) is 19.8 Å². The highest BCUT2D eigenvalue weighted by Gasteiger charge is 2.24. The van der Waals surface area contributed by atoms with Crippen molar-refractivity contribution in [3.8, 4) is 0 Å². The lowest BCUT2D eigenvalue weighted by atomic mass is 10.0. The van der Waals surface area contributed by atoms with Crippen LogP contribution in [0.1, 0.15) is 258 Å². The van der Waals surface area contributed by atoms with E-state index >= 15 is 0 Å². The Balaban J connectivity index is 4.63. The van der Waals surface area contributed by atoms with Crippen LogP contribution in [0.25, 0.3) is 0 Å². The number of amides is 1. The molecule has 0 aromatic heterocycles. The molecule has 6 heteroatoms. The molecule has 0 fully saturated rings. The van der Waals surface area contributed by atoms with Crippen molar-refractivity contribution in [3.63, 3.8) is 0 Å². The highest BCUT2D eigenvalue weighted by atomic mass is 16.5. The van der Waals surface area contributed by atoms with Crippen molar-refractivity contribution in [2.24, 2.45) is 0 Å². The van der Waals surface area contributed by atoms with Gasteiger partial charge < -0.3 is 20.3 Å². The summed E-state index contributed by atoms with van der Waals surface area (Å²) in [5.74, 6) is -0.517. The van der Waals surface area contributed by atoms with Crippen LogP contribution >= 0.6 is 0 Å². The number of ether oxygens (including phenoxy) is 1. The first-order valence-electron chi connectivity index (χ1n) is 26.5. The third-order valence-electron chi connectivity index (χ3n) is 11.8. The number of carbonyl (C=O) groups is 2. The van der Waals surface area contributed by atoms with Gasteiger partial charge in [-0.05, 0) is 89.9 Å². The molecule has 3 N–H and O–H groups in total. The fraction of sp³-hybridized carbons (Fsp3) is 0.786. The maximum absolute atomic E-state index is 13.2. The lowest BCUT2D eigenvalue weighted by Gasteiger charge is -2.24. The van der Waals surface area contributed by atoms with E-state index in [4.69, 9.17) is 4.74 Å². The molecule has 0 bridgehead atoms. The van der Waals surface area contributed by atoms with E-state index < -0.39 is 18.2 Å². The zero-order valence-electron chi connectivity index (χ0n) is 41.0. The number of hydrogen-bond acceptors (Lipinski definition) is 5. The number of allylic oxidation sites excluding steroid dienone is 10. The van der Waals surface area contributed by atoms with Gasteiger partial charge in [0.2, 0.25) is 5.91 Å². The second-order valence-corrected chi connectivity index (χ2v) is 17.9. The molecule has 0 aliphatic carbocycles. The first kappa shape index (κ1) is 59.6. The standard InChI is InChI=1S/C56H101NO5/c1-4-7-10-13-16-19-22-25-26-27-28-31-34-37-40-43-46-49-56(61)62-52(47-44-41-38-35-32-29-23-20-17-14-11-8-5-2)50-55(60)57-53(51-58)54(59)48-45-42-39-36-33-30-24-21-18-15-12-9-6-3/h16-17,19-20,23,25-26,28-29,31,52-54,58-59H,4-15,18,21-22,24,27,30,32-51H2,1-3H3,(H,57,60)/b19-16-,20-17+,26-25-,29-23+,31-28-. The zero-order valence-corrected chi connectivity index (χ0v) is 41.0. The zero-order chi connectivity index (χ0) is 45.2. The van der Waals surface area contributed by atoms with Crippen molar-refractivity contribution in [2.45, 2.75) is 277 Å². The molecule has 0 spiro atoms. The van der Waals surface area contributed by atoms with Crippen LogP contribution < -0.4 is 5.32 Å². The molecule has 0 rings (SSSR count). The van der Waals surface area contributed by atoms with Gasteiger partial charge in [0.15, 0.2) is 0 Å². The van der Waals surface area contributed by atoms with Crippen molar-refractivity contribution < 1.29 is 24.5 Å². The first-order chi connectivity index (χ1) is 30.5. The molecular weight excluding hydrogens is 767 g/mol. The molecule has 6 nitrogen and oxygen atoms in total. The Morgan fingerprint density at radius 2 is 0.871 bits per heavy atom. The highest BCUT2D eigenvalue weighted by Crippen LogP contribution is 2.17. The summed E-state index contributed by atoms with van der Waals surface area (Å²) in [6.45, 7) is 6.42. The van der Waals surface area contributed by atoms with Crippen molar-refractivity contribution >= 4 is 11.9 Å². The van der Waals surface area contributed by atoms with Gasteiger partial charge in [-0.3, -0.25) is 9.59 Å². The Morgan fingerprint density at radius 1 is 0.484 bits per heavy atom. The van der Waals surface area contributed by atoms with Crippen LogP contribution in [0.4, 0.5) is 0 Å². The van der Waals surface area contributed by atoms with Gasteiger partial charge >= 0.3 is 5.97 Å². The molecule has 3 unspecified atom stereocenters. The van der Waals surface area contributed by atoms with E-state index in [1.54, 1.807) is 0 Å². The molecule has 1 amide bonds. The van der Waals surface area contributed by atoms with E-state index in [0.717, 1.165) is 103 Å². The van der Waals surface area contributed by atoms with Gasteiger partial charge in [-0.2, -0.15) is 0 Å². The summed E-state index contributed by atoms with van der Waals surface area (Å²) in [6.07, 6.45) is 61.3. The first-order valence-corrected chi connectivity index (χ1v) is 26.5. The van der Waals surface area contributed by atoms with E-state index in [2.05, 4.69) is 86.8 Å². The predicted octanol–water partition coefficient (Wildman–Crippen LogP) is 16.0. The third kappa shape index (κ3) is 44.2. The molecule has 3 atom stereocenters. The molecule has 0 aliphatic rings. The smallest absolute Gasteiger partial charge is 0.306 e. The molecular formula is C56H101NO5. The van der Waals surface area contributed by atoms with Crippen LogP contribution in [0.3, 0.4) is 0 Å². The van der Waals surface area contributed by atoms with Crippen LogP contribution in [-0.2, 0) is 14.3 Å². The van der Waals surface area contributed by atoms with Gasteiger partial charge in [0.25, 0.3) is 0 Å². The number of rotatable bonds is 47. The largest absolute Gasteiger partial charge is 0.462 e. The molecule has 360 valence electrons. The highest BCUT2D eigenvalue weighted by molar-refractivity contribution is 5.77. The van der Waals surface area contributed by atoms with Crippen molar-refractivity contribution in [3.05, 3.63) is 60.8 Å². The van der Waals surface area contributed by atoms with Crippen LogP contribution in [-0.4, -0.2) is 46.9 Å². The number of carbonyl (C=O) groups excluding carboxylic acids is 2. The minimum Gasteiger partial charge on any atom is -0.462 e. The second kappa shape index (κ2) is 49.6. The Kier molecular flexibility index (Phi) is 47.6. The Labute approximate surface area is 384 Å². The quantitative estimate of drug-likeness (QED) is 0.0245. The number of nitrogens with one attached hydrogen (secondary N) is 1. The fourth-order valence-corrected chi connectivity index (χ4v) is 7.78. The SMILES string of the molecule is CCCCC/C=C\C/C=C\C/C=C\CCCCCCC(=O)OC(CCCCCC/C=C/C=C/CCCCC)CC(=O)NC(CO)C(O)CCCCCCCCCCCCCCC. The van der Waals surface area contributed by atoms with Crippen LogP contribution in [0.15, 0.2) is 60.8 Å². The van der Waals surface area contributed by atoms with E-state index in [0.29, 0.717) is 19.3 Å². The van der Waals surface area contributed by atoms with Gasteiger partial charge in [0, 0.05) is 6.42 Å². The van der Waals surface area contributed by atoms with Gasteiger partial charge in [-0.25, -0.2) is 0 Å². The maximum atomic E-state index is 13.2. The summed E-state index contributed by atoms with van der Waals surface area (Å²) in [5, 5.41) is 23.8. The molecule has 0 heterocycles. The summed E-state index contributed by atoms with van der Waals surface area (Å²) < 4.78 is 5.92. The topological polar surface area (TPSA) is 95.9 Å². The maximum Gasteiger partial charge on any atom is 0.306 e. The summed E-state index contributed by atoms with van der Waals surface area (Å²) >= 11 is 0. The Hall–Kier alpha value is -2.44. The third-order valence-corrected chi connectivity index (χ3v) is 11.8. The number of esters is 1. The Morgan fingerprint density at radius 3 is 1.37 bits per heavy atom. The molecule has 0 saturated carbocycles. The number of aliphatic hydroxyl groups is 2. The lowest BCUT2D eigenvalue weighted by Crippen LogP contribution is -2.46. The summed E-state index contributed by atoms with van der Waals surface area (Å²) in [5.41, 5.74) is 0. The normalized spacial score (nSPS) is 13.7. The summed E-state index contributed by atoms with van der Waals surface area (Å²) in [6, 6.07) is -0.714. The number of hydrogen-bond donors (Lipinski definition) is 3. The predicted molar refractivity (Wildman–Crippen MR) is 268 cm³/mol. The Bertz CT molecular complexity index is 1110. The van der Waals surface area contributed by atoms with E-state index in [1.807, 2.05) is 0 Å². The monoisotopic (exact) mass is 868 g/mol. The van der Waals surface area contributed by atoms with Gasteiger partial charge in [0.1, 0.15) is 6.10 Å². The summed E-state index contributed by atoms with van der Waals surface area (Å²) in [7, 11) is 0. The molecule has 0 saturated heterocycles. The average molecular weight is 868 g/mol.